The highest BCUT2D eigenvalue weighted by atomic mass is 32.2. The second kappa shape index (κ2) is 5.44. The van der Waals surface area contributed by atoms with E-state index in [1.54, 1.807) is 0 Å². The Bertz CT molecular complexity index is 564. The van der Waals surface area contributed by atoms with Gasteiger partial charge in [0, 0.05) is 6.54 Å². The Hall–Kier alpha value is -1.49. The molecule has 0 saturated heterocycles. The topological polar surface area (TPSA) is 147 Å². The number of hydrogen-bond donors (Lipinski definition) is 4. The first kappa shape index (κ1) is 14.6. The molecular formula is C8H10N2O6S2. The number of carboxylic acids is 1. The van der Waals surface area contributed by atoms with E-state index >= 15 is 0 Å². The third-order valence-corrected chi connectivity index (χ3v) is 4.84. The number of nitrogens with one attached hydrogen (secondary N) is 1. The minimum atomic E-state index is -3.96. The fourth-order valence-corrected chi connectivity index (χ4v) is 3.17. The molecule has 1 heterocycles. The highest BCUT2D eigenvalue weighted by molar-refractivity contribution is 7.91. The highest BCUT2D eigenvalue weighted by Gasteiger charge is 2.21. The van der Waals surface area contributed by atoms with E-state index in [0.717, 1.165) is 12.1 Å². The van der Waals surface area contributed by atoms with Crippen molar-refractivity contribution >= 4 is 33.2 Å². The van der Waals surface area contributed by atoms with E-state index in [1.807, 2.05) is 4.72 Å². The number of aliphatic hydroxyl groups is 1. The minimum absolute atomic E-state index is 0.133. The van der Waals surface area contributed by atoms with Crippen molar-refractivity contribution in [3.8, 4) is 0 Å². The van der Waals surface area contributed by atoms with Crippen molar-refractivity contribution in [3.63, 3.8) is 0 Å². The van der Waals surface area contributed by atoms with Crippen LogP contribution in [0.5, 0.6) is 0 Å². The van der Waals surface area contributed by atoms with Gasteiger partial charge in [0.05, 0.1) is 0 Å². The number of thiophene rings is 1. The summed E-state index contributed by atoms with van der Waals surface area (Å²) in [5.74, 6) is -2.30. The van der Waals surface area contributed by atoms with Crippen LogP contribution < -0.4 is 10.5 Å². The lowest BCUT2D eigenvalue weighted by atomic mass is 10.3. The summed E-state index contributed by atoms with van der Waals surface area (Å²) in [7, 11) is -3.96. The maximum absolute atomic E-state index is 11.6. The van der Waals surface area contributed by atoms with Crippen molar-refractivity contribution in [2.24, 2.45) is 5.73 Å². The molecule has 0 aliphatic carbocycles. The number of carbonyl (C=O) groups excluding carboxylic acids is 1. The van der Waals surface area contributed by atoms with Crippen LogP contribution in [0.15, 0.2) is 16.3 Å². The molecule has 1 amide bonds. The predicted molar refractivity (Wildman–Crippen MR) is 61.7 cm³/mol. The summed E-state index contributed by atoms with van der Waals surface area (Å²) >= 11 is 0.560. The normalized spacial score (nSPS) is 13.2. The summed E-state index contributed by atoms with van der Waals surface area (Å²) in [5, 5.41) is 17.7. The SMILES string of the molecule is NC(=O)C(O)CNS(=O)(=O)c1ccc(C(=O)O)s1. The molecule has 5 N–H and O–H groups in total. The van der Waals surface area contributed by atoms with Crippen LogP contribution in [-0.2, 0) is 14.8 Å². The maximum atomic E-state index is 11.6. The molecule has 0 fully saturated rings. The van der Waals surface area contributed by atoms with Crippen LogP contribution in [0.25, 0.3) is 0 Å². The van der Waals surface area contributed by atoms with Gasteiger partial charge in [-0.1, -0.05) is 0 Å². The van der Waals surface area contributed by atoms with Crippen molar-refractivity contribution in [1.82, 2.24) is 4.72 Å². The van der Waals surface area contributed by atoms with Crippen LogP contribution in [0, 0.1) is 0 Å². The molecule has 0 spiro atoms. The van der Waals surface area contributed by atoms with Gasteiger partial charge in [-0.3, -0.25) is 4.79 Å². The van der Waals surface area contributed by atoms with Gasteiger partial charge in [0.25, 0.3) is 0 Å². The summed E-state index contributed by atoms with van der Waals surface area (Å²) in [6, 6.07) is 2.26. The predicted octanol–water partition coefficient (Wildman–Crippen LogP) is -1.43. The molecule has 100 valence electrons. The van der Waals surface area contributed by atoms with Crippen LogP contribution in [0.3, 0.4) is 0 Å². The molecule has 0 saturated carbocycles. The molecule has 0 bridgehead atoms. The monoisotopic (exact) mass is 294 g/mol. The zero-order valence-electron chi connectivity index (χ0n) is 8.86. The lowest BCUT2D eigenvalue weighted by molar-refractivity contribution is -0.125. The quantitative estimate of drug-likeness (QED) is 0.506. The highest BCUT2D eigenvalue weighted by Crippen LogP contribution is 2.21. The second-order valence-electron chi connectivity index (χ2n) is 3.19. The zero-order chi connectivity index (χ0) is 13.9. The average molecular weight is 294 g/mol. The third kappa shape index (κ3) is 3.50. The van der Waals surface area contributed by atoms with Crippen LogP contribution in [0.2, 0.25) is 0 Å². The van der Waals surface area contributed by atoms with Crippen LogP contribution in [-0.4, -0.2) is 43.2 Å². The van der Waals surface area contributed by atoms with Gasteiger partial charge >= 0.3 is 5.97 Å². The summed E-state index contributed by atoms with van der Waals surface area (Å²) in [6.07, 6.45) is -1.64. The Morgan fingerprint density at radius 3 is 2.50 bits per heavy atom. The van der Waals surface area contributed by atoms with Gasteiger partial charge in [-0.2, -0.15) is 0 Å². The van der Waals surface area contributed by atoms with Crippen LogP contribution in [0.1, 0.15) is 9.67 Å². The molecule has 1 aromatic rings. The molecule has 0 aromatic carbocycles. The first-order chi connectivity index (χ1) is 8.24. The lowest BCUT2D eigenvalue weighted by Gasteiger charge is -2.07. The van der Waals surface area contributed by atoms with E-state index in [2.05, 4.69) is 0 Å². The fraction of sp³-hybridized carbons (Fsp3) is 0.250. The molecule has 1 unspecified atom stereocenters. The summed E-state index contributed by atoms with van der Waals surface area (Å²) in [5.41, 5.74) is 4.75. The maximum Gasteiger partial charge on any atom is 0.345 e. The van der Waals surface area contributed by atoms with E-state index in [-0.39, 0.29) is 9.09 Å². The van der Waals surface area contributed by atoms with E-state index in [0.29, 0.717) is 11.3 Å². The van der Waals surface area contributed by atoms with Gasteiger partial charge in [0.15, 0.2) is 0 Å². The molecule has 1 rings (SSSR count). The van der Waals surface area contributed by atoms with Crippen LogP contribution in [0.4, 0.5) is 0 Å². The Kier molecular flexibility index (Phi) is 4.40. The molecular weight excluding hydrogens is 284 g/mol. The van der Waals surface area contributed by atoms with Crippen molar-refractivity contribution < 1.29 is 28.2 Å². The fourth-order valence-electron chi connectivity index (χ4n) is 0.940. The molecule has 18 heavy (non-hydrogen) atoms. The van der Waals surface area contributed by atoms with Crippen molar-refractivity contribution in [2.75, 3.05) is 6.54 Å². The first-order valence-electron chi connectivity index (χ1n) is 4.54. The Balaban J connectivity index is 2.80. The second-order valence-corrected chi connectivity index (χ2v) is 6.27. The van der Waals surface area contributed by atoms with Gasteiger partial charge in [-0.25, -0.2) is 17.9 Å². The molecule has 0 radical (unpaired) electrons. The third-order valence-electron chi connectivity index (χ3n) is 1.85. The number of hydrogen-bond acceptors (Lipinski definition) is 6. The molecule has 8 nitrogen and oxygen atoms in total. The van der Waals surface area contributed by atoms with Gasteiger partial charge in [0.1, 0.15) is 15.2 Å². The first-order valence-corrected chi connectivity index (χ1v) is 6.84. The molecule has 0 aliphatic heterocycles. The van der Waals surface area contributed by atoms with Gasteiger partial charge < -0.3 is 15.9 Å². The number of aliphatic hydroxyl groups excluding tert-OH is 1. The van der Waals surface area contributed by atoms with Crippen LogP contribution >= 0.6 is 11.3 Å². The Morgan fingerprint density at radius 2 is 2.06 bits per heavy atom. The van der Waals surface area contributed by atoms with Gasteiger partial charge in [0.2, 0.25) is 15.9 Å². The van der Waals surface area contributed by atoms with Crippen molar-refractivity contribution in [2.45, 2.75) is 10.3 Å². The average Bonchev–Trinajstić information content (AvgIpc) is 2.75. The van der Waals surface area contributed by atoms with Crippen molar-refractivity contribution in [3.05, 3.63) is 17.0 Å². The number of carbonyl (C=O) groups is 2. The molecule has 0 aliphatic rings. The Morgan fingerprint density at radius 1 is 1.44 bits per heavy atom. The van der Waals surface area contributed by atoms with Crippen molar-refractivity contribution in [1.29, 1.82) is 0 Å². The van der Waals surface area contributed by atoms with E-state index in [9.17, 15) is 18.0 Å². The zero-order valence-corrected chi connectivity index (χ0v) is 10.5. The van der Waals surface area contributed by atoms with Gasteiger partial charge in [-0.05, 0) is 12.1 Å². The number of primary amides is 1. The summed E-state index contributed by atoms with van der Waals surface area (Å²) in [6.45, 7) is -0.571. The Labute approximate surface area is 106 Å². The lowest BCUT2D eigenvalue weighted by Crippen LogP contribution is -2.39. The number of nitrogens with two attached hydrogens (primary N) is 1. The number of rotatable bonds is 6. The summed E-state index contributed by atoms with van der Waals surface area (Å²) < 4.78 is 25.0. The smallest absolute Gasteiger partial charge is 0.345 e. The van der Waals surface area contributed by atoms with E-state index in [4.69, 9.17) is 15.9 Å². The van der Waals surface area contributed by atoms with E-state index in [1.165, 1.54) is 0 Å². The summed E-state index contributed by atoms with van der Waals surface area (Å²) in [4.78, 5) is 21.0. The number of aromatic carboxylic acids is 1. The number of carboxylic acid groups (broad SMARTS) is 1. The number of amides is 1. The van der Waals surface area contributed by atoms with E-state index < -0.39 is 34.5 Å². The largest absolute Gasteiger partial charge is 0.477 e. The van der Waals surface area contributed by atoms with Gasteiger partial charge in [-0.15, -0.1) is 11.3 Å². The minimum Gasteiger partial charge on any atom is -0.477 e. The molecule has 10 heteroatoms. The number of sulfonamides is 1. The molecule has 1 aromatic heterocycles. The standard InChI is InChI=1S/C8H10N2O6S2/c9-7(12)4(11)3-10-18(15,16)6-2-1-5(17-6)8(13)14/h1-2,4,10-11H,3H2,(H2,9,12)(H,13,14). The molecule has 1 atom stereocenters.